The smallest absolute Gasteiger partial charge is 0.158 e. The zero-order valence-electron chi connectivity index (χ0n) is 17.6. The lowest BCUT2D eigenvalue weighted by atomic mass is 10.00. The third-order valence-corrected chi connectivity index (χ3v) is 5.90. The number of rotatable bonds is 5. The molecule has 5 heterocycles. The third kappa shape index (κ3) is 3.32. The summed E-state index contributed by atoms with van der Waals surface area (Å²) in [4.78, 5) is 8.74. The normalized spacial score (nSPS) is 16.1. The van der Waals surface area contributed by atoms with Crippen LogP contribution in [0.1, 0.15) is 23.5 Å². The van der Waals surface area contributed by atoms with Crippen LogP contribution in [-0.2, 0) is 0 Å². The Morgan fingerprint density at radius 1 is 1.03 bits per heavy atom. The first kappa shape index (κ1) is 18.8. The summed E-state index contributed by atoms with van der Waals surface area (Å²) in [6.45, 7) is 4.06. The first-order chi connectivity index (χ1) is 15.7. The number of nitrogens with one attached hydrogen (secondary N) is 2. The van der Waals surface area contributed by atoms with E-state index in [2.05, 4.69) is 42.9 Å². The number of hydrogen-bond donors (Lipinski definition) is 2. The second-order valence-corrected chi connectivity index (χ2v) is 8.00. The largest absolute Gasteiger partial charge is 0.457 e. The van der Waals surface area contributed by atoms with Crippen LogP contribution in [0.5, 0.6) is 11.5 Å². The highest BCUT2D eigenvalue weighted by Crippen LogP contribution is 2.33. The van der Waals surface area contributed by atoms with Gasteiger partial charge in [-0.2, -0.15) is 10.2 Å². The summed E-state index contributed by atoms with van der Waals surface area (Å²) in [5, 5.41) is 15.4. The van der Waals surface area contributed by atoms with E-state index in [1.807, 2.05) is 48.1 Å². The van der Waals surface area contributed by atoms with Gasteiger partial charge in [0.05, 0.1) is 0 Å². The molecule has 9 nitrogen and oxygen atoms in total. The Morgan fingerprint density at radius 3 is 2.78 bits per heavy atom. The van der Waals surface area contributed by atoms with Gasteiger partial charge in [0.1, 0.15) is 29.7 Å². The van der Waals surface area contributed by atoms with Crippen molar-refractivity contribution in [3.8, 4) is 11.5 Å². The first-order valence-corrected chi connectivity index (χ1v) is 10.6. The monoisotopic (exact) mass is 426 g/mol. The first-order valence-electron chi connectivity index (χ1n) is 10.6. The predicted octanol–water partition coefficient (Wildman–Crippen LogP) is 3.69. The molecular weight excluding hydrogens is 404 g/mol. The molecule has 9 heteroatoms. The van der Waals surface area contributed by atoms with Crippen molar-refractivity contribution in [3.63, 3.8) is 0 Å². The Balaban J connectivity index is 1.28. The molecule has 1 aliphatic rings. The molecule has 0 amide bonds. The lowest BCUT2D eigenvalue weighted by Crippen LogP contribution is -2.08. The van der Waals surface area contributed by atoms with Crippen LogP contribution in [0.15, 0.2) is 61.4 Å². The highest BCUT2D eigenvalue weighted by atomic mass is 16.5. The Morgan fingerprint density at radius 2 is 1.91 bits per heavy atom. The predicted molar refractivity (Wildman–Crippen MR) is 121 cm³/mol. The highest BCUT2D eigenvalue weighted by molar-refractivity contribution is 5.77. The molecule has 1 aliphatic heterocycles. The van der Waals surface area contributed by atoms with Gasteiger partial charge >= 0.3 is 0 Å². The van der Waals surface area contributed by atoms with E-state index >= 15 is 0 Å². The molecule has 1 unspecified atom stereocenters. The second kappa shape index (κ2) is 7.61. The van der Waals surface area contributed by atoms with Crippen LogP contribution in [-0.4, -0.2) is 42.3 Å². The minimum atomic E-state index is 0.478. The van der Waals surface area contributed by atoms with Gasteiger partial charge in [0.25, 0.3) is 0 Å². The van der Waals surface area contributed by atoms with Gasteiger partial charge < -0.3 is 15.4 Å². The van der Waals surface area contributed by atoms with E-state index in [4.69, 9.17) is 4.74 Å². The number of benzene rings is 1. The van der Waals surface area contributed by atoms with Crippen LogP contribution in [0.2, 0.25) is 0 Å². The Bertz CT molecular complexity index is 1420. The second-order valence-electron chi connectivity index (χ2n) is 8.00. The SMILES string of the molecule is Cc1cc(Nc2ncnn3ccc(C4CCNC4)c23)ccc1Oc1ccn2ncnc2c1. The van der Waals surface area contributed by atoms with Gasteiger partial charge in [-0.05, 0) is 67.3 Å². The van der Waals surface area contributed by atoms with Crippen molar-refractivity contribution >= 4 is 22.7 Å². The molecule has 1 aromatic carbocycles. The van der Waals surface area contributed by atoms with E-state index in [0.717, 1.165) is 59.2 Å². The number of hydrogen-bond acceptors (Lipinski definition) is 7. The molecule has 32 heavy (non-hydrogen) atoms. The van der Waals surface area contributed by atoms with Crippen molar-refractivity contribution in [1.82, 2.24) is 34.5 Å². The average Bonchev–Trinajstić information content (AvgIpc) is 3.56. The summed E-state index contributed by atoms with van der Waals surface area (Å²) >= 11 is 0. The van der Waals surface area contributed by atoms with Gasteiger partial charge in [-0.15, -0.1) is 0 Å². The standard InChI is InChI=1S/C23H22N8O/c1-15-10-17(2-3-20(15)32-18-5-8-30-21(11-18)25-13-27-30)29-23-22-19(16-4-7-24-12-16)6-9-31(22)28-14-26-23/h2-3,5-6,8-11,13-14,16,24H,4,7,12H2,1H3,(H,26,28,29). The molecule has 5 aromatic rings. The van der Waals surface area contributed by atoms with Crippen LogP contribution in [0, 0.1) is 6.92 Å². The van der Waals surface area contributed by atoms with E-state index in [-0.39, 0.29) is 0 Å². The summed E-state index contributed by atoms with van der Waals surface area (Å²) in [5.74, 6) is 2.78. The molecule has 0 radical (unpaired) electrons. The summed E-state index contributed by atoms with van der Waals surface area (Å²) in [5.41, 5.74) is 5.00. The number of pyridine rings is 1. The van der Waals surface area contributed by atoms with Crippen molar-refractivity contribution in [3.05, 3.63) is 72.6 Å². The Kier molecular flexibility index (Phi) is 4.46. The molecule has 160 valence electrons. The molecule has 0 aliphatic carbocycles. The van der Waals surface area contributed by atoms with Crippen LogP contribution >= 0.6 is 0 Å². The average molecular weight is 426 g/mol. The van der Waals surface area contributed by atoms with E-state index in [1.165, 1.54) is 11.9 Å². The van der Waals surface area contributed by atoms with Crippen LogP contribution in [0.25, 0.3) is 11.2 Å². The van der Waals surface area contributed by atoms with E-state index in [9.17, 15) is 0 Å². The quantitative estimate of drug-likeness (QED) is 0.443. The maximum absolute atomic E-state index is 6.09. The molecule has 6 rings (SSSR count). The molecular formula is C23H22N8O. The molecule has 1 atom stereocenters. The van der Waals surface area contributed by atoms with Gasteiger partial charge in [-0.1, -0.05) is 0 Å². The van der Waals surface area contributed by atoms with Gasteiger partial charge in [0.15, 0.2) is 11.5 Å². The molecule has 0 bridgehead atoms. The highest BCUT2D eigenvalue weighted by Gasteiger charge is 2.22. The lowest BCUT2D eigenvalue weighted by Gasteiger charge is -2.14. The summed E-state index contributed by atoms with van der Waals surface area (Å²) < 4.78 is 9.69. The van der Waals surface area contributed by atoms with Gasteiger partial charge in [0, 0.05) is 30.7 Å². The fourth-order valence-corrected chi connectivity index (χ4v) is 4.28. The van der Waals surface area contributed by atoms with Crippen LogP contribution in [0.3, 0.4) is 0 Å². The number of fused-ring (bicyclic) bond motifs is 2. The summed E-state index contributed by atoms with van der Waals surface area (Å²) in [7, 11) is 0. The number of aromatic nitrogens is 6. The topological polar surface area (TPSA) is 93.7 Å². The molecule has 4 aromatic heterocycles. The zero-order chi connectivity index (χ0) is 21.5. The van der Waals surface area contributed by atoms with Crippen molar-refractivity contribution in [2.45, 2.75) is 19.3 Å². The van der Waals surface area contributed by atoms with E-state index < -0.39 is 0 Å². The molecule has 2 N–H and O–H groups in total. The fourth-order valence-electron chi connectivity index (χ4n) is 4.28. The Hall–Kier alpha value is -3.98. The molecule has 0 spiro atoms. The summed E-state index contributed by atoms with van der Waals surface area (Å²) in [6.07, 6.45) is 8.06. The van der Waals surface area contributed by atoms with Gasteiger partial charge in [0.2, 0.25) is 0 Å². The number of ether oxygens (including phenoxy) is 1. The third-order valence-electron chi connectivity index (χ3n) is 5.90. The Labute approximate surface area is 184 Å². The van der Waals surface area contributed by atoms with Gasteiger partial charge in [-0.25, -0.2) is 19.0 Å². The fraction of sp³-hybridized carbons (Fsp3) is 0.217. The van der Waals surface area contributed by atoms with Crippen LogP contribution < -0.4 is 15.4 Å². The van der Waals surface area contributed by atoms with Gasteiger partial charge in [-0.3, -0.25) is 0 Å². The number of nitrogens with zero attached hydrogens (tertiary/aromatic N) is 6. The lowest BCUT2D eigenvalue weighted by molar-refractivity contribution is 0.478. The van der Waals surface area contributed by atoms with E-state index in [1.54, 1.807) is 10.8 Å². The maximum atomic E-state index is 6.09. The molecule has 0 saturated carbocycles. The van der Waals surface area contributed by atoms with E-state index in [0.29, 0.717) is 5.92 Å². The molecule has 1 fully saturated rings. The van der Waals surface area contributed by atoms with Crippen LogP contribution in [0.4, 0.5) is 11.5 Å². The summed E-state index contributed by atoms with van der Waals surface area (Å²) in [6, 6.07) is 11.9. The van der Waals surface area contributed by atoms with Crippen molar-refractivity contribution in [1.29, 1.82) is 0 Å². The number of anilines is 2. The maximum Gasteiger partial charge on any atom is 0.158 e. The minimum Gasteiger partial charge on any atom is -0.457 e. The van der Waals surface area contributed by atoms with Crippen molar-refractivity contribution < 1.29 is 4.74 Å². The number of aryl methyl sites for hydroxylation is 1. The van der Waals surface area contributed by atoms with Crippen molar-refractivity contribution in [2.24, 2.45) is 0 Å². The molecule has 1 saturated heterocycles. The van der Waals surface area contributed by atoms with Crippen molar-refractivity contribution in [2.75, 3.05) is 18.4 Å². The minimum absolute atomic E-state index is 0.478. The zero-order valence-corrected chi connectivity index (χ0v) is 17.6.